The van der Waals surface area contributed by atoms with E-state index in [2.05, 4.69) is 174 Å². The lowest BCUT2D eigenvalue weighted by Crippen LogP contribution is -2.77. The maximum absolute atomic E-state index is 9.15. The molecule has 85 heavy (non-hydrogen) atoms. The summed E-state index contributed by atoms with van der Waals surface area (Å²) in [7, 11) is -2.89. The zero-order valence-corrected chi connectivity index (χ0v) is 46.5. The Kier molecular flexibility index (Phi) is 9.77. The average molecular weight is 1110 g/mol. The van der Waals surface area contributed by atoms with Crippen LogP contribution in [0.4, 0.5) is 17.1 Å². The number of pyridine rings is 1. The van der Waals surface area contributed by atoms with E-state index in [4.69, 9.17) is 23.4 Å². The maximum Gasteiger partial charge on any atom is 0.269 e. The molecule has 400 valence electrons. The molecule has 0 bridgehead atoms. The van der Waals surface area contributed by atoms with E-state index in [-0.39, 0.29) is 27.9 Å². The number of ether oxygens (including phenoxy) is 1. The first-order chi connectivity index (χ1) is 46.3. The summed E-state index contributed by atoms with van der Waals surface area (Å²) in [6, 6.07) is 81.4. The lowest BCUT2D eigenvalue weighted by molar-refractivity contribution is -0.571. The van der Waals surface area contributed by atoms with Crippen LogP contribution in [0.2, 0.25) is 0 Å². The zero-order chi connectivity index (χ0) is 65.0. The molecule has 3 aromatic heterocycles. The van der Waals surface area contributed by atoms with Gasteiger partial charge in [0.2, 0.25) is 0 Å². The summed E-state index contributed by atoms with van der Waals surface area (Å²) in [6.07, 6.45) is 5.38. The largest absolute Gasteiger partial charge is 0.458 e. The van der Waals surface area contributed by atoms with Crippen LogP contribution in [-0.2, 0) is 0 Å². The third-order valence-electron chi connectivity index (χ3n) is 16.2. The highest BCUT2D eigenvalue weighted by Crippen LogP contribution is 2.42. The van der Waals surface area contributed by atoms with Gasteiger partial charge in [-0.15, -0.1) is 0 Å². The molecule has 0 atom stereocenters. The van der Waals surface area contributed by atoms with Crippen LogP contribution >= 0.6 is 0 Å². The third-order valence-corrected chi connectivity index (χ3v) is 21.1. The second-order valence-corrected chi connectivity index (χ2v) is 24.6. The van der Waals surface area contributed by atoms with Crippen molar-refractivity contribution in [3.63, 3.8) is 0 Å². The zero-order valence-electron chi connectivity index (χ0n) is 55.5. The molecule has 0 fully saturated rings. The molecule has 0 amide bonds. The topological polar surface area (TPSA) is 39.1 Å². The summed E-state index contributed by atoms with van der Waals surface area (Å²) in [4.78, 5) is 7.59. The molecule has 16 rings (SSSR count). The Bertz CT molecular complexity index is 5400. The van der Waals surface area contributed by atoms with Crippen molar-refractivity contribution in [2.24, 2.45) is 0 Å². The summed E-state index contributed by atoms with van der Waals surface area (Å²) >= 11 is 0. The van der Waals surface area contributed by atoms with E-state index in [0.717, 1.165) is 50.0 Å². The van der Waals surface area contributed by atoms with Gasteiger partial charge in [0.05, 0.1) is 52.8 Å². The number of rotatable bonds is 11. The molecule has 0 radical (unpaired) electrons. The monoisotopic (exact) mass is 1110 g/mol. The van der Waals surface area contributed by atoms with E-state index in [1.165, 1.54) is 20.7 Å². The quantitative estimate of drug-likeness (QED) is 0.0736. The van der Waals surface area contributed by atoms with Gasteiger partial charge in [0.1, 0.15) is 17.3 Å². The summed E-state index contributed by atoms with van der Waals surface area (Å²) in [5.41, 5.74) is 9.10. The van der Waals surface area contributed by atoms with Gasteiger partial charge < -0.3 is 9.64 Å². The second kappa shape index (κ2) is 20.7. The molecular weight excluding hydrogens is 1050 g/mol. The number of fused-ring (bicyclic) bond motifs is 6. The lowest BCUT2D eigenvalue weighted by Gasteiger charge is -2.45. The Hall–Kier alpha value is -11.1. The van der Waals surface area contributed by atoms with Gasteiger partial charge in [0, 0.05) is 40.5 Å². The summed E-state index contributed by atoms with van der Waals surface area (Å²) < 4.78 is 101. The summed E-state index contributed by atoms with van der Waals surface area (Å²) in [5.74, 6) is 1.74. The predicted octanol–water partition coefficient (Wildman–Crippen LogP) is 16.2. The molecule has 0 saturated heterocycles. The smallest absolute Gasteiger partial charge is 0.269 e. The van der Waals surface area contributed by atoms with Gasteiger partial charge in [-0.2, -0.15) is 0 Å². The maximum atomic E-state index is 9.15. The third kappa shape index (κ3) is 8.31. The molecule has 12 aromatic carbocycles. The van der Waals surface area contributed by atoms with Crippen molar-refractivity contribution in [3.8, 4) is 62.1 Å². The summed E-state index contributed by atoms with van der Waals surface area (Å²) in [6.45, 7) is 0. The van der Waals surface area contributed by atoms with Crippen molar-refractivity contribution in [1.29, 1.82) is 0 Å². The van der Waals surface area contributed by atoms with E-state index in [9.17, 15) is 0 Å². The first-order valence-corrected chi connectivity index (χ1v) is 30.0. The Morgan fingerprint density at radius 3 is 1.71 bits per heavy atom. The van der Waals surface area contributed by atoms with Crippen LogP contribution in [0.5, 0.6) is 11.5 Å². The van der Waals surface area contributed by atoms with Crippen LogP contribution in [0, 0.1) is 6.33 Å². The highest BCUT2D eigenvalue weighted by molar-refractivity contribution is 7.21. The molecule has 0 aliphatic carbocycles. The van der Waals surface area contributed by atoms with Gasteiger partial charge >= 0.3 is 0 Å². The number of benzene rings is 12. The van der Waals surface area contributed by atoms with Gasteiger partial charge in [-0.1, -0.05) is 242 Å². The highest BCUT2D eigenvalue weighted by Gasteiger charge is 2.48. The Balaban J connectivity index is 0.838. The van der Waals surface area contributed by atoms with Gasteiger partial charge in [0.15, 0.2) is 8.07 Å². The van der Waals surface area contributed by atoms with Crippen molar-refractivity contribution in [2.75, 3.05) is 4.90 Å². The van der Waals surface area contributed by atoms with Crippen molar-refractivity contribution < 1.29 is 23.0 Å². The molecule has 1 aliphatic rings. The minimum Gasteiger partial charge on any atom is -0.458 e. The highest BCUT2D eigenvalue weighted by atomic mass is 28.3. The number of hydrogen-bond donors (Lipinski definition) is 0. The fraction of sp³-hybridized carbons (Fsp3) is 0. The molecule has 7 heteroatoms. The van der Waals surface area contributed by atoms with Crippen molar-refractivity contribution in [3.05, 3.63) is 328 Å². The van der Waals surface area contributed by atoms with Gasteiger partial charge in [-0.25, -0.2) is 4.98 Å². The van der Waals surface area contributed by atoms with Crippen molar-refractivity contribution in [1.82, 2.24) is 14.1 Å². The van der Waals surface area contributed by atoms with Crippen LogP contribution in [0.25, 0.3) is 83.4 Å². The number of imidazole rings is 1. The summed E-state index contributed by atoms with van der Waals surface area (Å²) in [5, 5.41) is 7.20. The number of para-hydroxylation sites is 5. The molecule has 15 aromatic rings. The molecule has 0 saturated carbocycles. The van der Waals surface area contributed by atoms with Crippen molar-refractivity contribution >= 4 is 78.7 Å². The van der Waals surface area contributed by atoms with Crippen LogP contribution in [-0.4, -0.2) is 22.2 Å². The lowest BCUT2D eigenvalue weighted by atomic mass is 9.95. The van der Waals surface area contributed by atoms with E-state index in [1.54, 1.807) is 27.3 Å². The number of hydrogen-bond acceptors (Lipinski definition) is 3. The molecular formula is C78H53N5OSi. The average Bonchev–Trinajstić information content (AvgIpc) is 1.35. The molecule has 1 aliphatic heterocycles. The van der Waals surface area contributed by atoms with Crippen LogP contribution < -0.4 is 35.0 Å². The van der Waals surface area contributed by atoms with Gasteiger partial charge in [-0.3, -0.25) is 13.7 Å². The fourth-order valence-electron chi connectivity index (χ4n) is 12.7. The Morgan fingerprint density at radius 2 is 1.02 bits per heavy atom. The van der Waals surface area contributed by atoms with Crippen LogP contribution in [0.15, 0.2) is 321 Å². The van der Waals surface area contributed by atoms with E-state index in [0.29, 0.717) is 34.0 Å². The van der Waals surface area contributed by atoms with E-state index < -0.39 is 68.5 Å². The predicted molar refractivity (Wildman–Crippen MR) is 350 cm³/mol. The molecule has 0 unspecified atom stereocenters. The fourth-order valence-corrected chi connectivity index (χ4v) is 17.8. The van der Waals surface area contributed by atoms with Gasteiger partial charge in [0.25, 0.3) is 6.33 Å². The Morgan fingerprint density at radius 1 is 0.424 bits per heavy atom. The van der Waals surface area contributed by atoms with Crippen LogP contribution in [0.3, 0.4) is 0 Å². The number of aromatic nitrogens is 4. The number of anilines is 3. The van der Waals surface area contributed by atoms with Crippen molar-refractivity contribution in [2.45, 2.75) is 0 Å². The van der Waals surface area contributed by atoms with Crippen LogP contribution in [0.1, 0.15) is 13.7 Å². The first-order valence-electron chi connectivity index (χ1n) is 33.0. The first kappa shape index (κ1) is 40.1. The SMILES string of the molecule is [2H]c1c([2H])c([2H])c(-c2cccc(-c3c([2H])c([2H])c([2H])c([2H])c3[2H])c2-[n+]2[c-]n(-c3cccc(Oc4ccc5c6cc(-c7ccccc7)ccc6n(-c6cc(N7c8ccccc8[Si](c8ccccc8)(c8ccccc8)c8ccccc87)ccn6)c5c4)c3)c3ccccc32)c([2H])c1[2H]. The van der Waals surface area contributed by atoms with Gasteiger partial charge in [-0.05, 0) is 115 Å². The molecule has 0 N–H and O–H groups in total. The molecule has 0 spiro atoms. The normalized spacial score (nSPS) is 14.2. The molecule has 6 nitrogen and oxygen atoms in total. The molecule has 4 heterocycles. The minimum absolute atomic E-state index is 0.140. The van der Waals surface area contributed by atoms with E-state index in [1.807, 2.05) is 85.1 Å². The minimum atomic E-state index is -2.89. The Labute approximate surface area is 508 Å². The number of nitrogens with zero attached hydrogens (tertiary/aromatic N) is 5. The second-order valence-electron chi connectivity index (χ2n) is 20.9. The van der Waals surface area contributed by atoms with E-state index >= 15 is 0 Å². The standard InChI is InChI=1S/C78H53N5OSi/c1-6-24-55(25-7-1)58-44-47-69-68(50-58)67-46-45-62(84-61-31-22-30-59(51-61)80-54-81(71-39-17-16-38-70(71)80)78-65(56-26-8-2-9-27-56)36-23-37-66(78)57-28-10-3-11-29-57)53-74(67)83(69)77-52-60(48-49-79-77)82-72-40-18-20-42-75(72)85(63-32-12-4-13-33-63,64-34-14-5-15-35-64)76-43-21-19-41-73(76)82/h1-53H/i2D,3D,8D,9D,10D,11D,26D,27D,28D,29D.